The SMILES string of the molecule is Cc1cccc(N)c1Oc1ccc(F)cc1F. The number of hydrogen-bond acceptors (Lipinski definition) is 2. The molecule has 0 atom stereocenters. The standard InChI is InChI=1S/C13H11F2NO/c1-8-3-2-4-11(16)13(8)17-12-6-5-9(14)7-10(12)15/h2-7H,16H2,1H3. The molecule has 0 aliphatic rings. The summed E-state index contributed by atoms with van der Waals surface area (Å²) in [7, 11) is 0. The van der Waals surface area contributed by atoms with E-state index in [2.05, 4.69) is 0 Å². The van der Waals surface area contributed by atoms with Crippen LogP contribution in [0.1, 0.15) is 5.56 Å². The number of para-hydroxylation sites is 1. The van der Waals surface area contributed by atoms with E-state index in [1.165, 1.54) is 6.07 Å². The minimum absolute atomic E-state index is 0.0487. The third-order valence-electron chi connectivity index (χ3n) is 2.35. The van der Waals surface area contributed by atoms with Crippen molar-refractivity contribution in [3.8, 4) is 11.5 Å². The average Bonchev–Trinajstić information content (AvgIpc) is 2.26. The van der Waals surface area contributed by atoms with Gasteiger partial charge in [0.2, 0.25) is 0 Å². The lowest BCUT2D eigenvalue weighted by atomic mass is 10.2. The van der Waals surface area contributed by atoms with Gasteiger partial charge in [-0.2, -0.15) is 0 Å². The minimum Gasteiger partial charge on any atom is -0.452 e. The molecule has 0 unspecified atom stereocenters. The fourth-order valence-electron chi connectivity index (χ4n) is 1.48. The van der Waals surface area contributed by atoms with Gasteiger partial charge >= 0.3 is 0 Å². The van der Waals surface area contributed by atoms with E-state index in [9.17, 15) is 8.78 Å². The first-order chi connectivity index (χ1) is 8.08. The number of nitrogen functional groups attached to an aromatic ring is 1. The number of rotatable bonds is 2. The van der Waals surface area contributed by atoms with Crippen LogP contribution in [0.15, 0.2) is 36.4 Å². The lowest BCUT2D eigenvalue weighted by Crippen LogP contribution is -1.96. The van der Waals surface area contributed by atoms with Crippen molar-refractivity contribution < 1.29 is 13.5 Å². The summed E-state index contributed by atoms with van der Waals surface area (Å²) in [5, 5.41) is 0. The molecule has 88 valence electrons. The Labute approximate surface area is 97.6 Å². The molecule has 0 bridgehead atoms. The number of nitrogens with two attached hydrogens (primary N) is 1. The minimum atomic E-state index is -0.757. The Kier molecular flexibility index (Phi) is 2.95. The zero-order chi connectivity index (χ0) is 12.4. The molecule has 0 fully saturated rings. The molecule has 0 aliphatic heterocycles. The molecule has 0 amide bonds. The Morgan fingerprint density at radius 3 is 2.53 bits per heavy atom. The van der Waals surface area contributed by atoms with Gasteiger partial charge in [0.15, 0.2) is 17.3 Å². The van der Waals surface area contributed by atoms with Gasteiger partial charge < -0.3 is 10.5 Å². The first-order valence-corrected chi connectivity index (χ1v) is 5.06. The maximum atomic E-state index is 13.4. The third-order valence-corrected chi connectivity index (χ3v) is 2.35. The molecule has 0 spiro atoms. The number of anilines is 1. The molecule has 2 aromatic carbocycles. The van der Waals surface area contributed by atoms with Crippen molar-refractivity contribution in [1.29, 1.82) is 0 Å². The Bertz CT molecular complexity index is 535. The van der Waals surface area contributed by atoms with Crippen molar-refractivity contribution >= 4 is 5.69 Å². The number of ether oxygens (including phenoxy) is 1. The normalized spacial score (nSPS) is 10.3. The van der Waals surface area contributed by atoms with Crippen LogP contribution >= 0.6 is 0 Å². The Morgan fingerprint density at radius 2 is 1.88 bits per heavy atom. The van der Waals surface area contributed by atoms with E-state index < -0.39 is 11.6 Å². The van der Waals surface area contributed by atoms with E-state index in [1.54, 1.807) is 25.1 Å². The summed E-state index contributed by atoms with van der Waals surface area (Å²) in [5.74, 6) is -1.06. The highest BCUT2D eigenvalue weighted by Crippen LogP contribution is 2.32. The van der Waals surface area contributed by atoms with E-state index in [1.807, 2.05) is 0 Å². The zero-order valence-corrected chi connectivity index (χ0v) is 9.21. The first-order valence-electron chi connectivity index (χ1n) is 5.06. The molecule has 2 rings (SSSR count). The number of halogens is 2. The van der Waals surface area contributed by atoms with Crippen LogP contribution in [-0.2, 0) is 0 Å². The van der Waals surface area contributed by atoms with Gasteiger partial charge in [-0.15, -0.1) is 0 Å². The highest BCUT2D eigenvalue weighted by molar-refractivity contribution is 5.57. The van der Waals surface area contributed by atoms with Crippen LogP contribution in [0.5, 0.6) is 11.5 Å². The fraction of sp³-hybridized carbons (Fsp3) is 0.0769. The second-order valence-electron chi connectivity index (χ2n) is 3.67. The molecule has 0 saturated carbocycles. The third kappa shape index (κ3) is 2.36. The molecule has 2 nitrogen and oxygen atoms in total. The molecule has 0 aliphatic carbocycles. The fourth-order valence-corrected chi connectivity index (χ4v) is 1.48. The van der Waals surface area contributed by atoms with Gasteiger partial charge in [-0.05, 0) is 30.7 Å². The van der Waals surface area contributed by atoms with Crippen molar-refractivity contribution in [2.24, 2.45) is 0 Å². The van der Waals surface area contributed by atoms with Crippen LogP contribution in [0.3, 0.4) is 0 Å². The van der Waals surface area contributed by atoms with Crippen molar-refractivity contribution in [2.45, 2.75) is 6.92 Å². The lowest BCUT2D eigenvalue weighted by molar-refractivity contribution is 0.437. The predicted molar refractivity (Wildman–Crippen MR) is 62.0 cm³/mol. The van der Waals surface area contributed by atoms with Gasteiger partial charge in [0.25, 0.3) is 0 Å². The second-order valence-corrected chi connectivity index (χ2v) is 3.67. The largest absolute Gasteiger partial charge is 0.452 e. The number of hydrogen-bond donors (Lipinski definition) is 1. The van der Waals surface area contributed by atoms with E-state index in [0.717, 1.165) is 17.7 Å². The van der Waals surface area contributed by atoms with Crippen molar-refractivity contribution in [1.82, 2.24) is 0 Å². The number of benzene rings is 2. The summed E-state index contributed by atoms with van der Waals surface area (Å²) in [6.07, 6.45) is 0. The number of aryl methyl sites for hydroxylation is 1. The molecule has 0 radical (unpaired) electrons. The maximum absolute atomic E-state index is 13.4. The first kappa shape index (κ1) is 11.4. The summed E-state index contributed by atoms with van der Waals surface area (Å²) in [6.45, 7) is 1.80. The summed E-state index contributed by atoms with van der Waals surface area (Å²) in [4.78, 5) is 0. The van der Waals surface area contributed by atoms with Crippen molar-refractivity contribution in [3.63, 3.8) is 0 Å². The van der Waals surface area contributed by atoms with Crippen LogP contribution in [0.4, 0.5) is 14.5 Å². The summed E-state index contributed by atoms with van der Waals surface area (Å²) in [5.41, 5.74) is 6.92. The summed E-state index contributed by atoms with van der Waals surface area (Å²) < 4.78 is 31.5. The molecule has 2 aromatic rings. The molecule has 0 heterocycles. The maximum Gasteiger partial charge on any atom is 0.168 e. The molecular weight excluding hydrogens is 224 g/mol. The Balaban J connectivity index is 2.38. The molecule has 0 saturated heterocycles. The van der Waals surface area contributed by atoms with Crippen LogP contribution in [0, 0.1) is 18.6 Å². The monoisotopic (exact) mass is 235 g/mol. The van der Waals surface area contributed by atoms with Crippen LogP contribution in [-0.4, -0.2) is 0 Å². The quantitative estimate of drug-likeness (QED) is 0.806. The van der Waals surface area contributed by atoms with E-state index in [0.29, 0.717) is 11.4 Å². The Morgan fingerprint density at radius 1 is 1.12 bits per heavy atom. The molecular formula is C13H11F2NO. The Hall–Kier alpha value is -2.10. The van der Waals surface area contributed by atoms with Gasteiger partial charge in [0, 0.05) is 6.07 Å². The lowest BCUT2D eigenvalue weighted by Gasteiger charge is -2.11. The highest BCUT2D eigenvalue weighted by atomic mass is 19.1. The van der Waals surface area contributed by atoms with Crippen LogP contribution in [0.25, 0.3) is 0 Å². The van der Waals surface area contributed by atoms with Gasteiger partial charge in [-0.25, -0.2) is 8.78 Å². The average molecular weight is 235 g/mol. The molecule has 17 heavy (non-hydrogen) atoms. The summed E-state index contributed by atoms with van der Waals surface area (Å²) >= 11 is 0. The topological polar surface area (TPSA) is 35.2 Å². The van der Waals surface area contributed by atoms with Crippen LogP contribution < -0.4 is 10.5 Å². The highest BCUT2D eigenvalue weighted by Gasteiger charge is 2.10. The van der Waals surface area contributed by atoms with Crippen LogP contribution in [0.2, 0.25) is 0 Å². The molecule has 4 heteroatoms. The van der Waals surface area contributed by atoms with Gasteiger partial charge in [-0.1, -0.05) is 12.1 Å². The molecule has 2 N–H and O–H groups in total. The van der Waals surface area contributed by atoms with Crippen molar-refractivity contribution in [2.75, 3.05) is 5.73 Å². The summed E-state index contributed by atoms with van der Waals surface area (Å²) in [6, 6.07) is 8.36. The second kappa shape index (κ2) is 4.41. The van der Waals surface area contributed by atoms with E-state index in [4.69, 9.17) is 10.5 Å². The molecule has 0 aromatic heterocycles. The van der Waals surface area contributed by atoms with Crippen molar-refractivity contribution in [3.05, 3.63) is 53.6 Å². The van der Waals surface area contributed by atoms with Gasteiger partial charge in [-0.3, -0.25) is 0 Å². The van der Waals surface area contributed by atoms with E-state index in [-0.39, 0.29) is 5.75 Å². The van der Waals surface area contributed by atoms with Gasteiger partial charge in [0.1, 0.15) is 5.82 Å². The predicted octanol–water partition coefficient (Wildman–Crippen LogP) is 3.65. The van der Waals surface area contributed by atoms with E-state index >= 15 is 0 Å². The zero-order valence-electron chi connectivity index (χ0n) is 9.21. The smallest absolute Gasteiger partial charge is 0.168 e. The van der Waals surface area contributed by atoms with Gasteiger partial charge in [0.05, 0.1) is 5.69 Å².